The minimum Gasteiger partial charge on any atom is -0.324 e. The van der Waals surface area contributed by atoms with Crippen molar-refractivity contribution in [2.75, 3.05) is 18.4 Å². The Hall–Kier alpha value is -0.390. The Balaban J connectivity index is 1.99. The molecule has 2 N–H and O–H groups in total. The number of anilines is 1. The summed E-state index contributed by atoms with van der Waals surface area (Å²) in [5, 5.41) is 6.07. The number of rotatable bonds is 3. The molecular weight excluding hydrogens is 336 g/mol. The van der Waals surface area contributed by atoms with Gasteiger partial charge in [0.25, 0.3) is 0 Å². The summed E-state index contributed by atoms with van der Waals surface area (Å²) < 4.78 is 1.78. The third-order valence-corrected chi connectivity index (χ3v) is 3.89. The summed E-state index contributed by atoms with van der Waals surface area (Å²) in [6.07, 6.45) is 0.584. The average Bonchev–Trinajstić information content (AvgIpc) is 2.18. The van der Waals surface area contributed by atoms with Gasteiger partial charge in [-0.1, -0.05) is 6.07 Å². The van der Waals surface area contributed by atoms with E-state index in [0.717, 1.165) is 27.7 Å². The van der Waals surface area contributed by atoms with Gasteiger partial charge in [0.05, 0.1) is 5.69 Å². The minimum absolute atomic E-state index is 0.0686. The van der Waals surface area contributed by atoms with E-state index in [2.05, 4.69) is 42.5 Å². The quantitative estimate of drug-likeness (QED) is 0.882. The zero-order valence-electron chi connectivity index (χ0n) is 8.59. The Labute approximate surface area is 111 Å². The third-order valence-electron chi connectivity index (χ3n) is 2.57. The number of halogens is 2. The van der Waals surface area contributed by atoms with Crippen LogP contribution in [-0.4, -0.2) is 19.0 Å². The van der Waals surface area contributed by atoms with Crippen LogP contribution < -0.4 is 10.6 Å². The van der Waals surface area contributed by atoms with Crippen LogP contribution in [0.5, 0.6) is 0 Å². The number of para-hydroxylation sites is 1. The highest BCUT2D eigenvalue weighted by Gasteiger charge is 2.20. The van der Waals surface area contributed by atoms with E-state index < -0.39 is 0 Å². The van der Waals surface area contributed by atoms with Crippen molar-refractivity contribution in [3.05, 3.63) is 27.1 Å². The molecule has 16 heavy (non-hydrogen) atoms. The molecule has 0 unspecified atom stereocenters. The molecule has 1 saturated heterocycles. The first kappa shape index (κ1) is 12.1. The molecule has 2 rings (SSSR count). The van der Waals surface area contributed by atoms with Crippen LogP contribution >= 0.6 is 31.9 Å². The van der Waals surface area contributed by atoms with Gasteiger partial charge in [-0.2, -0.15) is 0 Å². The van der Waals surface area contributed by atoms with Crippen LogP contribution in [0.15, 0.2) is 27.1 Å². The van der Waals surface area contributed by atoms with Gasteiger partial charge in [0.1, 0.15) is 0 Å². The van der Waals surface area contributed by atoms with Gasteiger partial charge in [-0.25, -0.2) is 0 Å². The second kappa shape index (κ2) is 5.29. The van der Waals surface area contributed by atoms with E-state index in [4.69, 9.17) is 0 Å². The summed E-state index contributed by atoms with van der Waals surface area (Å²) in [6, 6.07) is 5.73. The molecule has 0 saturated carbocycles. The lowest BCUT2D eigenvalue weighted by molar-refractivity contribution is -0.117. The SMILES string of the molecule is O=C(CC1CNC1)Nc1c(Br)cccc1Br. The summed E-state index contributed by atoms with van der Waals surface area (Å²) in [5.74, 6) is 0.556. The highest BCUT2D eigenvalue weighted by atomic mass is 79.9. The molecule has 1 heterocycles. The van der Waals surface area contributed by atoms with E-state index in [9.17, 15) is 4.79 Å². The second-order valence-corrected chi connectivity index (χ2v) is 5.58. The van der Waals surface area contributed by atoms with Crippen molar-refractivity contribution < 1.29 is 4.79 Å². The highest BCUT2D eigenvalue weighted by Crippen LogP contribution is 2.30. The lowest BCUT2D eigenvalue weighted by Crippen LogP contribution is -2.43. The Bertz CT molecular complexity index is 385. The monoisotopic (exact) mass is 346 g/mol. The molecule has 0 radical (unpaired) electrons. The van der Waals surface area contributed by atoms with E-state index in [1.165, 1.54) is 0 Å². The fourth-order valence-electron chi connectivity index (χ4n) is 1.56. The van der Waals surface area contributed by atoms with E-state index >= 15 is 0 Å². The Kier molecular flexibility index (Phi) is 4.00. The summed E-state index contributed by atoms with van der Waals surface area (Å²) in [5.41, 5.74) is 0.805. The van der Waals surface area contributed by atoms with Crippen LogP contribution in [-0.2, 0) is 4.79 Å². The lowest BCUT2D eigenvalue weighted by atomic mass is 9.99. The van der Waals surface area contributed by atoms with Crippen molar-refractivity contribution >= 4 is 43.5 Å². The van der Waals surface area contributed by atoms with Crippen molar-refractivity contribution in [1.29, 1.82) is 0 Å². The van der Waals surface area contributed by atoms with Gasteiger partial charge in [0.2, 0.25) is 5.91 Å². The maximum Gasteiger partial charge on any atom is 0.224 e. The fraction of sp³-hybridized carbons (Fsp3) is 0.364. The molecule has 0 aromatic heterocycles. The normalized spacial score (nSPS) is 15.6. The largest absolute Gasteiger partial charge is 0.324 e. The molecule has 5 heteroatoms. The predicted molar refractivity (Wildman–Crippen MR) is 71.4 cm³/mol. The zero-order chi connectivity index (χ0) is 11.5. The first-order valence-electron chi connectivity index (χ1n) is 5.11. The van der Waals surface area contributed by atoms with Crippen molar-refractivity contribution in [3.63, 3.8) is 0 Å². The predicted octanol–water partition coefficient (Wildman–Crippen LogP) is 2.76. The number of benzene rings is 1. The van der Waals surface area contributed by atoms with Crippen LogP contribution in [0.1, 0.15) is 6.42 Å². The maximum atomic E-state index is 11.7. The standard InChI is InChI=1S/C11H12Br2N2O/c12-8-2-1-3-9(13)11(8)15-10(16)4-7-5-14-6-7/h1-3,7,14H,4-6H2,(H,15,16). The number of hydrogen-bond donors (Lipinski definition) is 2. The molecule has 0 bridgehead atoms. The van der Waals surface area contributed by atoms with Crippen LogP contribution in [0.3, 0.4) is 0 Å². The molecule has 1 fully saturated rings. The number of hydrogen-bond acceptors (Lipinski definition) is 2. The number of carbonyl (C=O) groups excluding carboxylic acids is 1. The molecule has 86 valence electrons. The van der Waals surface area contributed by atoms with E-state index in [-0.39, 0.29) is 5.91 Å². The third kappa shape index (κ3) is 2.84. The first-order chi connectivity index (χ1) is 7.66. The van der Waals surface area contributed by atoms with Crippen molar-refractivity contribution in [2.24, 2.45) is 5.92 Å². The van der Waals surface area contributed by atoms with Gasteiger partial charge in [-0.15, -0.1) is 0 Å². The van der Waals surface area contributed by atoms with Crippen LogP contribution in [0.25, 0.3) is 0 Å². The molecule has 1 aliphatic rings. The molecule has 1 aliphatic heterocycles. The van der Waals surface area contributed by atoms with Gasteiger partial charge < -0.3 is 10.6 Å². The van der Waals surface area contributed by atoms with Crippen molar-refractivity contribution in [1.82, 2.24) is 5.32 Å². The Morgan fingerprint density at radius 2 is 2.00 bits per heavy atom. The van der Waals surface area contributed by atoms with Crippen molar-refractivity contribution in [3.8, 4) is 0 Å². The van der Waals surface area contributed by atoms with Gasteiger partial charge in [0, 0.05) is 15.4 Å². The van der Waals surface area contributed by atoms with E-state index in [0.29, 0.717) is 12.3 Å². The maximum absolute atomic E-state index is 11.7. The number of amides is 1. The zero-order valence-corrected chi connectivity index (χ0v) is 11.8. The lowest BCUT2D eigenvalue weighted by Gasteiger charge is -2.26. The minimum atomic E-state index is 0.0686. The summed E-state index contributed by atoms with van der Waals surface area (Å²) in [4.78, 5) is 11.7. The molecule has 1 aromatic rings. The van der Waals surface area contributed by atoms with Crippen LogP contribution in [0.2, 0.25) is 0 Å². The second-order valence-electron chi connectivity index (χ2n) is 3.87. The summed E-state index contributed by atoms with van der Waals surface area (Å²) in [7, 11) is 0. The molecule has 1 amide bonds. The Morgan fingerprint density at radius 3 is 2.50 bits per heavy atom. The fourth-order valence-corrected chi connectivity index (χ4v) is 2.76. The molecular formula is C11H12Br2N2O. The smallest absolute Gasteiger partial charge is 0.224 e. The first-order valence-corrected chi connectivity index (χ1v) is 6.70. The highest BCUT2D eigenvalue weighted by molar-refractivity contribution is 9.11. The Morgan fingerprint density at radius 1 is 1.38 bits per heavy atom. The van der Waals surface area contributed by atoms with Gasteiger partial charge in [-0.05, 0) is 63.0 Å². The van der Waals surface area contributed by atoms with Crippen LogP contribution in [0, 0.1) is 5.92 Å². The van der Waals surface area contributed by atoms with Crippen LogP contribution in [0.4, 0.5) is 5.69 Å². The molecule has 0 atom stereocenters. The molecule has 0 spiro atoms. The summed E-state index contributed by atoms with van der Waals surface area (Å²) in [6.45, 7) is 1.90. The van der Waals surface area contributed by atoms with Gasteiger partial charge in [-0.3, -0.25) is 4.79 Å². The van der Waals surface area contributed by atoms with Gasteiger partial charge in [0.15, 0.2) is 0 Å². The topological polar surface area (TPSA) is 41.1 Å². The molecule has 3 nitrogen and oxygen atoms in total. The molecule has 0 aliphatic carbocycles. The molecule has 1 aromatic carbocycles. The number of nitrogens with one attached hydrogen (secondary N) is 2. The average molecular weight is 348 g/mol. The van der Waals surface area contributed by atoms with E-state index in [1.54, 1.807) is 0 Å². The van der Waals surface area contributed by atoms with E-state index in [1.807, 2.05) is 18.2 Å². The van der Waals surface area contributed by atoms with Crippen molar-refractivity contribution in [2.45, 2.75) is 6.42 Å². The summed E-state index contributed by atoms with van der Waals surface area (Å²) >= 11 is 6.83. The van der Waals surface area contributed by atoms with Gasteiger partial charge >= 0.3 is 0 Å². The number of carbonyl (C=O) groups is 1.